The van der Waals surface area contributed by atoms with Gasteiger partial charge in [-0.3, -0.25) is 4.79 Å². The second kappa shape index (κ2) is 5.22. The third-order valence-electron chi connectivity index (χ3n) is 2.60. The first-order valence-electron chi connectivity index (χ1n) is 5.14. The van der Waals surface area contributed by atoms with Gasteiger partial charge in [0.15, 0.2) is 11.6 Å². The third-order valence-corrected chi connectivity index (χ3v) is 3.18. The van der Waals surface area contributed by atoms with Crippen molar-refractivity contribution in [2.24, 2.45) is 0 Å². The Labute approximate surface area is 112 Å². The normalized spacial score (nSPS) is 11.4. The SMILES string of the molecule is COc1c(F)cc(Br)c(F)c1C(C)(C)CC(=O)O. The number of aliphatic carboxylic acids is 1. The lowest BCUT2D eigenvalue weighted by Gasteiger charge is -2.26. The lowest BCUT2D eigenvalue weighted by molar-refractivity contribution is -0.138. The topological polar surface area (TPSA) is 46.5 Å². The molecule has 0 saturated carbocycles. The molecule has 3 nitrogen and oxygen atoms in total. The van der Waals surface area contributed by atoms with Crippen LogP contribution in [0.1, 0.15) is 25.8 Å². The van der Waals surface area contributed by atoms with Gasteiger partial charge in [-0.05, 0) is 22.0 Å². The van der Waals surface area contributed by atoms with Crippen LogP contribution in [0.3, 0.4) is 0 Å². The van der Waals surface area contributed by atoms with E-state index in [9.17, 15) is 13.6 Å². The largest absolute Gasteiger partial charge is 0.493 e. The van der Waals surface area contributed by atoms with Crippen LogP contribution in [0.4, 0.5) is 8.78 Å². The number of rotatable bonds is 4. The number of carboxylic acid groups (broad SMARTS) is 1. The fourth-order valence-electron chi connectivity index (χ4n) is 1.85. The first-order chi connectivity index (χ1) is 8.20. The summed E-state index contributed by atoms with van der Waals surface area (Å²) in [6.45, 7) is 3.04. The van der Waals surface area contributed by atoms with E-state index >= 15 is 0 Å². The zero-order valence-corrected chi connectivity index (χ0v) is 11.8. The van der Waals surface area contributed by atoms with Gasteiger partial charge in [-0.15, -0.1) is 0 Å². The molecule has 6 heteroatoms. The van der Waals surface area contributed by atoms with Gasteiger partial charge in [0.2, 0.25) is 0 Å². The summed E-state index contributed by atoms with van der Waals surface area (Å²) in [7, 11) is 1.21. The summed E-state index contributed by atoms with van der Waals surface area (Å²) in [5, 5.41) is 8.83. The molecule has 0 saturated heterocycles. The standard InChI is InChI=1S/C12H13BrF2O3/c1-12(2,5-8(16)17)9-10(15)6(13)4-7(14)11(9)18-3/h4H,5H2,1-3H3,(H,16,17). The van der Waals surface area contributed by atoms with Crippen LogP contribution in [0.25, 0.3) is 0 Å². The Balaban J connectivity index is 3.51. The highest BCUT2D eigenvalue weighted by molar-refractivity contribution is 9.10. The van der Waals surface area contributed by atoms with Crippen molar-refractivity contribution in [2.45, 2.75) is 25.7 Å². The molecule has 0 bridgehead atoms. The molecule has 1 rings (SSSR count). The molecule has 0 aromatic heterocycles. The molecule has 100 valence electrons. The molecule has 1 aromatic rings. The second-order valence-electron chi connectivity index (χ2n) is 4.52. The lowest BCUT2D eigenvalue weighted by Crippen LogP contribution is -2.24. The number of methoxy groups -OCH3 is 1. The Hall–Kier alpha value is -1.17. The maximum atomic E-state index is 14.1. The zero-order valence-electron chi connectivity index (χ0n) is 10.2. The summed E-state index contributed by atoms with van der Waals surface area (Å²) in [6.07, 6.45) is -0.337. The Morgan fingerprint density at radius 3 is 2.50 bits per heavy atom. The summed E-state index contributed by atoms with van der Waals surface area (Å²) in [4.78, 5) is 10.8. The van der Waals surface area contributed by atoms with Gasteiger partial charge in [0.25, 0.3) is 0 Å². The molecular formula is C12H13BrF2O3. The minimum absolute atomic E-state index is 0.0609. The van der Waals surface area contributed by atoms with Crippen molar-refractivity contribution in [3.8, 4) is 5.75 Å². The summed E-state index contributed by atoms with van der Waals surface area (Å²) in [5.41, 5.74) is -1.18. The van der Waals surface area contributed by atoms with Gasteiger partial charge in [0.05, 0.1) is 18.0 Å². The van der Waals surface area contributed by atoms with Crippen molar-refractivity contribution in [3.05, 3.63) is 27.7 Å². The number of halogens is 3. The van der Waals surface area contributed by atoms with Crippen LogP contribution in [0, 0.1) is 11.6 Å². The first-order valence-corrected chi connectivity index (χ1v) is 5.93. The minimum Gasteiger partial charge on any atom is -0.493 e. The molecular weight excluding hydrogens is 310 g/mol. The number of carboxylic acids is 1. The molecule has 1 N–H and O–H groups in total. The first kappa shape index (κ1) is 14.9. The van der Waals surface area contributed by atoms with E-state index in [2.05, 4.69) is 15.9 Å². The molecule has 0 atom stereocenters. The fourth-order valence-corrected chi connectivity index (χ4v) is 2.25. The smallest absolute Gasteiger partial charge is 0.304 e. The molecule has 0 heterocycles. The van der Waals surface area contributed by atoms with Gasteiger partial charge in [-0.25, -0.2) is 8.78 Å². The van der Waals surface area contributed by atoms with E-state index in [1.807, 2.05) is 0 Å². The van der Waals surface area contributed by atoms with E-state index in [0.29, 0.717) is 0 Å². The van der Waals surface area contributed by atoms with E-state index in [-0.39, 0.29) is 22.2 Å². The molecule has 18 heavy (non-hydrogen) atoms. The molecule has 1 aromatic carbocycles. The van der Waals surface area contributed by atoms with Gasteiger partial charge in [0.1, 0.15) is 5.82 Å². The van der Waals surface area contributed by atoms with Gasteiger partial charge in [0, 0.05) is 11.0 Å². The summed E-state index contributed by atoms with van der Waals surface area (Å²) >= 11 is 2.90. The minimum atomic E-state index is -1.10. The Morgan fingerprint density at radius 2 is 2.06 bits per heavy atom. The average molecular weight is 323 g/mol. The van der Waals surface area contributed by atoms with E-state index in [1.165, 1.54) is 21.0 Å². The number of ether oxygens (including phenoxy) is 1. The van der Waals surface area contributed by atoms with Crippen molar-refractivity contribution >= 4 is 21.9 Å². The van der Waals surface area contributed by atoms with Crippen LogP contribution in [0.2, 0.25) is 0 Å². The predicted octanol–water partition coefficient (Wildman–Crippen LogP) is 3.49. The van der Waals surface area contributed by atoms with Crippen LogP contribution >= 0.6 is 15.9 Å². The third kappa shape index (κ3) is 2.80. The molecule has 0 radical (unpaired) electrons. The molecule has 0 amide bonds. The fraction of sp³-hybridized carbons (Fsp3) is 0.417. The van der Waals surface area contributed by atoms with Crippen molar-refractivity contribution in [1.29, 1.82) is 0 Å². The second-order valence-corrected chi connectivity index (χ2v) is 5.37. The summed E-state index contributed by atoms with van der Waals surface area (Å²) < 4.78 is 32.6. The van der Waals surface area contributed by atoms with Crippen molar-refractivity contribution in [3.63, 3.8) is 0 Å². The van der Waals surface area contributed by atoms with Gasteiger partial charge in [-0.2, -0.15) is 0 Å². The zero-order chi connectivity index (χ0) is 14.1. The molecule has 0 unspecified atom stereocenters. The van der Waals surface area contributed by atoms with Gasteiger partial charge < -0.3 is 9.84 Å². The number of hydrogen-bond donors (Lipinski definition) is 1. The van der Waals surface area contributed by atoms with E-state index in [1.54, 1.807) is 0 Å². The molecule has 0 aliphatic rings. The van der Waals surface area contributed by atoms with E-state index in [0.717, 1.165) is 6.07 Å². The van der Waals surface area contributed by atoms with Crippen LogP contribution in [-0.2, 0) is 10.2 Å². The Kier molecular flexibility index (Phi) is 4.32. The number of carbonyl (C=O) groups is 1. The maximum absolute atomic E-state index is 14.1. The van der Waals surface area contributed by atoms with Crippen molar-refractivity contribution in [1.82, 2.24) is 0 Å². The summed E-state index contributed by atoms with van der Waals surface area (Å²) in [6, 6.07) is 0.953. The van der Waals surface area contributed by atoms with E-state index < -0.39 is 23.0 Å². The molecule has 0 spiro atoms. The van der Waals surface area contributed by atoms with Gasteiger partial charge in [-0.1, -0.05) is 13.8 Å². The molecule has 0 aliphatic carbocycles. The monoisotopic (exact) mass is 322 g/mol. The quantitative estimate of drug-likeness (QED) is 0.863. The van der Waals surface area contributed by atoms with Crippen LogP contribution in [0.15, 0.2) is 10.5 Å². The maximum Gasteiger partial charge on any atom is 0.304 e. The Bertz CT molecular complexity index is 487. The van der Waals surface area contributed by atoms with Crippen molar-refractivity contribution < 1.29 is 23.4 Å². The van der Waals surface area contributed by atoms with Crippen LogP contribution < -0.4 is 4.74 Å². The van der Waals surface area contributed by atoms with Crippen molar-refractivity contribution in [2.75, 3.05) is 7.11 Å². The predicted molar refractivity (Wildman–Crippen MR) is 65.9 cm³/mol. The van der Waals surface area contributed by atoms with E-state index in [4.69, 9.17) is 9.84 Å². The number of hydrogen-bond acceptors (Lipinski definition) is 2. The number of benzene rings is 1. The Morgan fingerprint density at radius 1 is 1.50 bits per heavy atom. The summed E-state index contributed by atoms with van der Waals surface area (Å²) in [5.74, 6) is -2.80. The molecule has 0 aliphatic heterocycles. The van der Waals surface area contributed by atoms with Gasteiger partial charge >= 0.3 is 5.97 Å². The highest BCUT2D eigenvalue weighted by atomic mass is 79.9. The highest BCUT2D eigenvalue weighted by Crippen LogP contribution is 2.40. The van der Waals surface area contributed by atoms with Crippen LogP contribution in [0.5, 0.6) is 5.75 Å². The van der Waals surface area contributed by atoms with Crippen LogP contribution in [-0.4, -0.2) is 18.2 Å². The lowest BCUT2D eigenvalue weighted by atomic mass is 9.80. The molecule has 0 fully saturated rings. The average Bonchev–Trinajstić information content (AvgIpc) is 2.20. The highest BCUT2D eigenvalue weighted by Gasteiger charge is 2.33.